The summed E-state index contributed by atoms with van der Waals surface area (Å²) in [5.41, 5.74) is 0.525. The van der Waals surface area contributed by atoms with Gasteiger partial charge in [0, 0.05) is 17.5 Å². The normalized spacial score (nSPS) is 10.3. The Morgan fingerprint density at radius 2 is 1.96 bits per heavy atom. The average molecular weight is 368 g/mol. The minimum atomic E-state index is -0.169. The van der Waals surface area contributed by atoms with Gasteiger partial charge in [-0.3, -0.25) is 9.59 Å². The molecule has 0 atom stereocenters. The van der Waals surface area contributed by atoms with E-state index in [9.17, 15) is 9.59 Å². The summed E-state index contributed by atoms with van der Waals surface area (Å²) in [4.78, 5) is 26.1. The Morgan fingerprint density at radius 1 is 1.21 bits per heavy atom. The van der Waals surface area contributed by atoms with Gasteiger partial charge in [-0.15, -0.1) is 11.3 Å². The smallest absolute Gasteiger partial charge is 0.260 e. The highest BCUT2D eigenvalue weighted by molar-refractivity contribution is 7.16. The average Bonchev–Trinajstić information content (AvgIpc) is 2.97. The van der Waals surface area contributed by atoms with E-state index in [0.29, 0.717) is 27.9 Å². The molecular formula is C17H18ClNO4S. The van der Waals surface area contributed by atoms with Crippen molar-refractivity contribution in [1.29, 1.82) is 0 Å². The molecule has 0 aliphatic rings. The third-order valence-corrected chi connectivity index (χ3v) is 4.58. The molecule has 0 spiro atoms. The SMILES string of the molecule is COc1cc(C(C)=O)ccc1OCC(=O)N(C)Cc1ccc(Cl)s1. The Morgan fingerprint density at radius 3 is 2.54 bits per heavy atom. The Hall–Kier alpha value is -2.05. The summed E-state index contributed by atoms with van der Waals surface area (Å²) < 4.78 is 11.4. The number of halogens is 1. The summed E-state index contributed by atoms with van der Waals surface area (Å²) in [5, 5.41) is 0. The third-order valence-electron chi connectivity index (χ3n) is 3.37. The minimum absolute atomic E-state index is 0.0646. The molecule has 1 aromatic carbocycles. The zero-order chi connectivity index (χ0) is 17.7. The number of benzene rings is 1. The van der Waals surface area contributed by atoms with Crippen LogP contribution in [0, 0.1) is 0 Å². The molecule has 0 saturated carbocycles. The molecule has 2 rings (SSSR count). The van der Waals surface area contributed by atoms with E-state index in [0.717, 1.165) is 4.88 Å². The molecule has 1 aromatic heterocycles. The maximum absolute atomic E-state index is 12.2. The molecule has 0 unspecified atom stereocenters. The number of ketones is 1. The van der Waals surface area contributed by atoms with Crippen molar-refractivity contribution in [2.24, 2.45) is 0 Å². The highest BCUT2D eigenvalue weighted by atomic mass is 35.5. The Kier molecular flexibility index (Phi) is 6.23. The predicted octanol–water partition coefficient (Wildman–Crippen LogP) is 3.65. The third kappa shape index (κ3) is 4.72. The van der Waals surface area contributed by atoms with Gasteiger partial charge >= 0.3 is 0 Å². The van der Waals surface area contributed by atoms with Crippen LogP contribution in [-0.4, -0.2) is 37.4 Å². The number of carbonyl (C=O) groups is 2. The number of thiophene rings is 1. The molecule has 5 nitrogen and oxygen atoms in total. The van der Waals surface area contributed by atoms with Crippen LogP contribution in [0.5, 0.6) is 11.5 Å². The van der Waals surface area contributed by atoms with Crippen LogP contribution in [0.4, 0.5) is 0 Å². The first-order chi connectivity index (χ1) is 11.4. The van der Waals surface area contributed by atoms with Gasteiger partial charge in [0.1, 0.15) is 0 Å². The van der Waals surface area contributed by atoms with Gasteiger partial charge < -0.3 is 14.4 Å². The van der Waals surface area contributed by atoms with Crippen LogP contribution in [0.25, 0.3) is 0 Å². The van der Waals surface area contributed by atoms with Gasteiger partial charge in [0.2, 0.25) is 0 Å². The number of ether oxygens (including phenoxy) is 2. The topological polar surface area (TPSA) is 55.8 Å². The van der Waals surface area contributed by atoms with Crippen LogP contribution >= 0.6 is 22.9 Å². The van der Waals surface area contributed by atoms with E-state index >= 15 is 0 Å². The molecule has 128 valence electrons. The fourth-order valence-corrected chi connectivity index (χ4v) is 3.16. The van der Waals surface area contributed by atoms with Crippen molar-refractivity contribution >= 4 is 34.6 Å². The lowest BCUT2D eigenvalue weighted by Crippen LogP contribution is -2.30. The van der Waals surface area contributed by atoms with Crippen molar-refractivity contribution in [2.75, 3.05) is 20.8 Å². The second-order valence-corrected chi connectivity index (χ2v) is 6.97. The number of carbonyl (C=O) groups excluding carboxylic acids is 2. The summed E-state index contributed by atoms with van der Waals surface area (Å²) in [5.74, 6) is 0.606. The lowest BCUT2D eigenvalue weighted by molar-refractivity contribution is -0.132. The Labute approximate surface area is 149 Å². The number of amides is 1. The first-order valence-electron chi connectivity index (χ1n) is 7.20. The van der Waals surface area contributed by atoms with E-state index in [1.54, 1.807) is 36.2 Å². The zero-order valence-electron chi connectivity index (χ0n) is 13.7. The van der Waals surface area contributed by atoms with Crippen molar-refractivity contribution in [3.05, 3.63) is 45.1 Å². The maximum Gasteiger partial charge on any atom is 0.260 e. The fourth-order valence-electron chi connectivity index (χ4n) is 2.01. The van der Waals surface area contributed by atoms with E-state index in [2.05, 4.69) is 0 Å². The minimum Gasteiger partial charge on any atom is -0.493 e. The largest absolute Gasteiger partial charge is 0.493 e. The van der Waals surface area contributed by atoms with Crippen molar-refractivity contribution < 1.29 is 19.1 Å². The van der Waals surface area contributed by atoms with E-state index in [4.69, 9.17) is 21.1 Å². The fraction of sp³-hybridized carbons (Fsp3) is 0.294. The van der Waals surface area contributed by atoms with Crippen LogP contribution in [0.15, 0.2) is 30.3 Å². The molecule has 7 heteroatoms. The first-order valence-corrected chi connectivity index (χ1v) is 8.40. The molecule has 1 amide bonds. The van der Waals surface area contributed by atoms with E-state index < -0.39 is 0 Å². The second kappa shape index (κ2) is 8.17. The van der Waals surface area contributed by atoms with Gasteiger partial charge in [-0.2, -0.15) is 0 Å². The summed E-state index contributed by atoms with van der Waals surface area (Å²) in [6.07, 6.45) is 0. The number of nitrogens with zero attached hydrogens (tertiary/aromatic N) is 1. The zero-order valence-corrected chi connectivity index (χ0v) is 15.2. The highest BCUT2D eigenvalue weighted by Crippen LogP contribution is 2.28. The molecule has 0 fully saturated rings. The van der Waals surface area contributed by atoms with Gasteiger partial charge in [0.15, 0.2) is 23.9 Å². The number of methoxy groups -OCH3 is 1. The molecule has 0 bridgehead atoms. The number of likely N-dealkylation sites (N-methyl/N-ethyl adjacent to an activating group) is 1. The molecule has 0 N–H and O–H groups in total. The number of hydrogen-bond donors (Lipinski definition) is 0. The molecular weight excluding hydrogens is 350 g/mol. The van der Waals surface area contributed by atoms with Gasteiger partial charge in [-0.1, -0.05) is 11.6 Å². The Bertz CT molecular complexity index is 744. The van der Waals surface area contributed by atoms with Crippen LogP contribution in [0.1, 0.15) is 22.2 Å². The lowest BCUT2D eigenvalue weighted by Gasteiger charge is -2.17. The maximum atomic E-state index is 12.2. The number of hydrogen-bond acceptors (Lipinski definition) is 5. The summed E-state index contributed by atoms with van der Waals surface area (Å²) in [7, 11) is 3.19. The molecule has 1 heterocycles. The van der Waals surface area contributed by atoms with Crippen LogP contribution in [0.3, 0.4) is 0 Å². The van der Waals surface area contributed by atoms with Gasteiger partial charge in [-0.25, -0.2) is 0 Å². The lowest BCUT2D eigenvalue weighted by atomic mass is 10.1. The van der Waals surface area contributed by atoms with E-state index in [-0.39, 0.29) is 18.3 Å². The van der Waals surface area contributed by atoms with Crippen LogP contribution in [-0.2, 0) is 11.3 Å². The van der Waals surface area contributed by atoms with Crippen LogP contribution in [0.2, 0.25) is 4.34 Å². The van der Waals surface area contributed by atoms with Gasteiger partial charge in [-0.05, 0) is 37.3 Å². The van der Waals surface area contributed by atoms with Crippen molar-refractivity contribution in [1.82, 2.24) is 4.90 Å². The van der Waals surface area contributed by atoms with Crippen LogP contribution < -0.4 is 9.47 Å². The highest BCUT2D eigenvalue weighted by Gasteiger charge is 2.14. The second-order valence-electron chi connectivity index (χ2n) is 5.17. The van der Waals surface area contributed by atoms with Crippen molar-refractivity contribution in [3.63, 3.8) is 0 Å². The molecule has 0 radical (unpaired) electrons. The van der Waals surface area contributed by atoms with E-state index in [1.807, 2.05) is 6.07 Å². The van der Waals surface area contributed by atoms with E-state index in [1.165, 1.54) is 25.4 Å². The molecule has 0 aliphatic carbocycles. The van der Waals surface area contributed by atoms with Crippen molar-refractivity contribution in [3.8, 4) is 11.5 Å². The Balaban J connectivity index is 1.96. The summed E-state index contributed by atoms with van der Waals surface area (Å²) in [6.45, 7) is 1.83. The van der Waals surface area contributed by atoms with Gasteiger partial charge in [0.05, 0.1) is 18.0 Å². The number of rotatable bonds is 7. The summed E-state index contributed by atoms with van der Waals surface area (Å²) >= 11 is 7.32. The monoisotopic (exact) mass is 367 g/mol. The quantitative estimate of drug-likeness (QED) is 0.701. The predicted molar refractivity (Wildman–Crippen MR) is 94.3 cm³/mol. The number of Topliss-reactive ketones (excluding diaryl/α,β-unsaturated/α-hetero) is 1. The van der Waals surface area contributed by atoms with Crippen molar-refractivity contribution in [2.45, 2.75) is 13.5 Å². The molecule has 0 saturated heterocycles. The molecule has 24 heavy (non-hydrogen) atoms. The first kappa shape index (κ1) is 18.3. The molecule has 2 aromatic rings. The standard InChI is InChI=1S/C17H18ClNO4S/c1-11(20)12-4-6-14(15(8-12)22-3)23-10-17(21)19(2)9-13-5-7-16(18)24-13/h4-8H,9-10H2,1-3H3. The van der Waals surface area contributed by atoms with Gasteiger partial charge in [0.25, 0.3) is 5.91 Å². The molecule has 0 aliphatic heterocycles. The summed E-state index contributed by atoms with van der Waals surface area (Å²) in [6, 6.07) is 8.56.